The first-order valence-corrected chi connectivity index (χ1v) is 5.28. The quantitative estimate of drug-likeness (QED) is 0.717. The van der Waals surface area contributed by atoms with Gasteiger partial charge in [0.1, 0.15) is 11.6 Å². The van der Waals surface area contributed by atoms with E-state index in [1.165, 1.54) is 0 Å². The predicted molar refractivity (Wildman–Crippen MR) is 59.0 cm³/mol. The normalized spacial score (nSPS) is 16.5. The van der Waals surface area contributed by atoms with Crippen LogP contribution in [-0.4, -0.2) is 29.6 Å². The van der Waals surface area contributed by atoms with Crippen LogP contribution in [0.4, 0.5) is 5.82 Å². The van der Waals surface area contributed by atoms with Gasteiger partial charge in [-0.2, -0.15) is 0 Å². The zero-order valence-corrected chi connectivity index (χ0v) is 8.86. The molecule has 2 heterocycles. The Morgan fingerprint density at radius 1 is 1.67 bits per heavy atom. The number of H-pyrrole nitrogens is 1. The van der Waals surface area contributed by atoms with E-state index in [0.717, 1.165) is 31.2 Å². The molecule has 0 bridgehead atoms. The van der Waals surface area contributed by atoms with Gasteiger partial charge < -0.3 is 15.6 Å². The molecular formula is C10H16N4O. The second kappa shape index (κ2) is 4.02. The maximum Gasteiger partial charge on any atom is 0.252 e. The van der Waals surface area contributed by atoms with Crippen molar-refractivity contribution in [2.75, 3.05) is 24.5 Å². The summed E-state index contributed by atoms with van der Waals surface area (Å²) >= 11 is 0. The number of hydrogen-bond acceptors (Lipinski definition) is 4. The van der Waals surface area contributed by atoms with Crippen molar-refractivity contribution < 1.29 is 0 Å². The summed E-state index contributed by atoms with van der Waals surface area (Å²) in [6.07, 6.45) is 0.747. The number of aromatic amines is 1. The van der Waals surface area contributed by atoms with Crippen molar-refractivity contribution >= 4 is 5.82 Å². The molecule has 1 saturated heterocycles. The summed E-state index contributed by atoms with van der Waals surface area (Å²) in [5.41, 5.74) is 5.47. The highest BCUT2D eigenvalue weighted by Gasteiger charge is 2.26. The van der Waals surface area contributed by atoms with Crippen LogP contribution < -0.4 is 16.2 Å². The second-order valence-corrected chi connectivity index (χ2v) is 3.91. The first-order valence-electron chi connectivity index (χ1n) is 5.28. The maximum atomic E-state index is 11.3. The lowest BCUT2D eigenvalue weighted by atomic mass is 10.0. The van der Waals surface area contributed by atoms with Gasteiger partial charge in [0.05, 0.1) is 0 Å². The van der Waals surface area contributed by atoms with E-state index in [1.807, 2.05) is 6.92 Å². The van der Waals surface area contributed by atoms with Crippen molar-refractivity contribution in [1.82, 2.24) is 9.97 Å². The summed E-state index contributed by atoms with van der Waals surface area (Å²) in [6, 6.07) is 1.55. The minimum atomic E-state index is -0.0759. The Hall–Kier alpha value is -1.36. The smallest absolute Gasteiger partial charge is 0.252 e. The molecule has 1 fully saturated rings. The van der Waals surface area contributed by atoms with Crippen molar-refractivity contribution in [2.24, 2.45) is 11.7 Å². The fraction of sp³-hybridized carbons (Fsp3) is 0.600. The van der Waals surface area contributed by atoms with E-state index in [-0.39, 0.29) is 5.56 Å². The van der Waals surface area contributed by atoms with Crippen molar-refractivity contribution in [1.29, 1.82) is 0 Å². The summed E-state index contributed by atoms with van der Waals surface area (Å²) < 4.78 is 0. The third-order valence-corrected chi connectivity index (χ3v) is 2.73. The van der Waals surface area contributed by atoms with Crippen LogP contribution in [-0.2, 0) is 6.42 Å². The molecule has 2 rings (SSSR count). The number of aromatic nitrogens is 2. The second-order valence-electron chi connectivity index (χ2n) is 3.91. The molecule has 0 unspecified atom stereocenters. The third kappa shape index (κ3) is 2.02. The van der Waals surface area contributed by atoms with Gasteiger partial charge in [-0.25, -0.2) is 4.98 Å². The first-order chi connectivity index (χ1) is 7.22. The number of aryl methyl sites for hydroxylation is 1. The van der Waals surface area contributed by atoms with Crippen LogP contribution >= 0.6 is 0 Å². The lowest BCUT2D eigenvalue weighted by molar-refractivity contribution is 0.416. The van der Waals surface area contributed by atoms with E-state index in [4.69, 9.17) is 5.73 Å². The van der Waals surface area contributed by atoms with Crippen LogP contribution in [0.25, 0.3) is 0 Å². The van der Waals surface area contributed by atoms with Crippen LogP contribution in [0.2, 0.25) is 0 Å². The van der Waals surface area contributed by atoms with Gasteiger partial charge in [-0.05, 0) is 6.54 Å². The fourth-order valence-electron chi connectivity index (χ4n) is 1.73. The van der Waals surface area contributed by atoms with E-state index in [0.29, 0.717) is 12.5 Å². The number of nitrogens with one attached hydrogen (secondary N) is 1. The average molecular weight is 208 g/mol. The van der Waals surface area contributed by atoms with Crippen LogP contribution in [0.5, 0.6) is 0 Å². The van der Waals surface area contributed by atoms with Gasteiger partial charge in [0.15, 0.2) is 0 Å². The highest BCUT2D eigenvalue weighted by Crippen LogP contribution is 2.20. The molecule has 82 valence electrons. The molecule has 15 heavy (non-hydrogen) atoms. The monoisotopic (exact) mass is 208 g/mol. The van der Waals surface area contributed by atoms with E-state index in [2.05, 4.69) is 14.9 Å². The molecule has 1 aliphatic heterocycles. The Balaban J connectivity index is 2.15. The topological polar surface area (TPSA) is 75.0 Å². The molecule has 0 spiro atoms. The Labute approximate surface area is 88.3 Å². The molecular weight excluding hydrogens is 192 g/mol. The molecule has 0 radical (unpaired) electrons. The van der Waals surface area contributed by atoms with Crippen LogP contribution in [0.1, 0.15) is 12.7 Å². The molecule has 0 amide bonds. The minimum Gasteiger partial charge on any atom is -0.356 e. The SMILES string of the molecule is CCc1nc(N2CC(CN)C2)cc(=O)[nH]1. The zero-order valence-electron chi connectivity index (χ0n) is 8.86. The number of hydrogen-bond donors (Lipinski definition) is 2. The van der Waals surface area contributed by atoms with E-state index in [9.17, 15) is 4.79 Å². The fourth-order valence-corrected chi connectivity index (χ4v) is 1.73. The molecule has 3 N–H and O–H groups in total. The number of nitrogens with two attached hydrogens (primary N) is 1. The van der Waals surface area contributed by atoms with Gasteiger partial charge in [0.25, 0.3) is 5.56 Å². The predicted octanol–water partition coefficient (Wildman–Crippen LogP) is -0.273. The molecule has 0 saturated carbocycles. The molecule has 0 aliphatic carbocycles. The summed E-state index contributed by atoms with van der Waals surface area (Å²) in [5, 5.41) is 0. The standard InChI is InChI=1S/C10H16N4O/c1-2-8-12-9(3-10(15)13-8)14-5-7(4-11)6-14/h3,7H,2,4-6,11H2,1H3,(H,12,13,15). The lowest BCUT2D eigenvalue weighted by Crippen LogP contribution is -2.50. The van der Waals surface area contributed by atoms with E-state index < -0.39 is 0 Å². The maximum absolute atomic E-state index is 11.3. The molecule has 0 aromatic carbocycles. The van der Waals surface area contributed by atoms with E-state index in [1.54, 1.807) is 6.07 Å². The highest BCUT2D eigenvalue weighted by atomic mass is 16.1. The largest absolute Gasteiger partial charge is 0.356 e. The number of rotatable bonds is 3. The number of nitrogens with zero attached hydrogens (tertiary/aromatic N) is 2. The van der Waals surface area contributed by atoms with Crippen molar-refractivity contribution in [3.05, 3.63) is 22.2 Å². The summed E-state index contributed by atoms with van der Waals surface area (Å²) in [6.45, 7) is 4.51. The highest BCUT2D eigenvalue weighted by molar-refractivity contribution is 5.40. The molecule has 1 aromatic rings. The van der Waals surface area contributed by atoms with Crippen molar-refractivity contribution in [3.63, 3.8) is 0 Å². The van der Waals surface area contributed by atoms with Gasteiger partial charge in [-0.15, -0.1) is 0 Å². The number of anilines is 1. The van der Waals surface area contributed by atoms with Gasteiger partial charge in [0, 0.05) is 31.5 Å². The minimum absolute atomic E-state index is 0.0759. The summed E-state index contributed by atoms with van der Waals surface area (Å²) in [5.74, 6) is 2.07. The molecule has 0 atom stereocenters. The average Bonchev–Trinajstić information content (AvgIpc) is 2.15. The third-order valence-electron chi connectivity index (χ3n) is 2.73. The summed E-state index contributed by atoms with van der Waals surface area (Å²) in [7, 11) is 0. The first kappa shape index (κ1) is 10.2. The van der Waals surface area contributed by atoms with Crippen molar-refractivity contribution in [2.45, 2.75) is 13.3 Å². The molecule has 1 aromatic heterocycles. The molecule has 5 nitrogen and oxygen atoms in total. The summed E-state index contributed by atoms with van der Waals surface area (Å²) in [4.78, 5) is 20.5. The Morgan fingerprint density at radius 2 is 2.40 bits per heavy atom. The van der Waals surface area contributed by atoms with Crippen LogP contribution in [0.15, 0.2) is 10.9 Å². The molecule has 1 aliphatic rings. The Kier molecular flexibility index (Phi) is 2.73. The van der Waals surface area contributed by atoms with Gasteiger partial charge >= 0.3 is 0 Å². The van der Waals surface area contributed by atoms with Crippen molar-refractivity contribution in [3.8, 4) is 0 Å². The molecule has 5 heteroatoms. The van der Waals surface area contributed by atoms with Gasteiger partial charge in [-0.3, -0.25) is 4.79 Å². The van der Waals surface area contributed by atoms with Gasteiger partial charge in [0.2, 0.25) is 0 Å². The van der Waals surface area contributed by atoms with Crippen LogP contribution in [0, 0.1) is 5.92 Å². The Morgan fingerprint density at radius 3 is 3.00 bits per heavy atom. The lowest BCUT2D eigenvalue weighted by Gasteiger charge is -2.39. The van der Waals surface area contributed by atoms with Crippen LogP contribution in [0.3, 0.4) is 0 Å². The Bertz CT molecular complexity index is 395. The van der Waals surface area contributed by atoms with E-state index >= 15 is 0 Å². The zero-order chi connectivity index (χ0) is 10.8. The van der Waals surface area contributed by atoms with Gasteiger partial charge in [-0.1, -0.05) is 6.92 Å².